The Morgan fingerprint density at radius 3 is 0.672 bits per heavy atom. The fourth-order valence-electron chi connectivity index (χ4n) is 13.3. The van der Waals surface area contributed by atoms with Crippen LogP contribution in [0.4, 0.5) is 0 Å². The molecular formula is C107H180O16P2. The summed E-state index contributed by atoms with van der Waals surface area (Å²) in [5.74, 6) is -1.58. The molecule has 714 valence electrons. The summed E-state index contributed by atoms with van der Waals surface area (Å²) in [6.07, 6.45) is 130. The van der Waals surface area contributed by atoms with E-state index in [-0.39, 0.29) is 19.3 Å². The fourth-order valence-corrected chi connectivity index (χ4v) is 14.9. The molecule has 5 unspecified atom stereocenters. The topological polar surface area (TPSA) is 231 Å². The van der Waals surface area contributed by atoms with Crippen molar-refractivity contribution in [1.82, 2.24) is 0 Å². The van der Waals surface area contributed by atoms with Crippen molar-refractivity contribution < 1.29 is 75.8 Å². The lowest BCUT2D eigenvalue weighted by atomic mass is 10.0. The Morgan fingerprint density at radius 2 is 0.424 bits per heavy atom. The van der Waals surface area contributed by atoms with Crippen LogP contribution in [0.5, 0.6) is 0 Å². The van der Waals surface area contributed by atoms with Gasteiger partial charge in [0.05, 0.1) is 26.4 Å². The summed E-state index contributed by atoms with van der Waals surface area (Å²) in [7, 11) is -9.83. The van der Waals surface area contributed by atoms with Crippen LogP contribution in [0.2, 0.25) is 0 Å². The molecule has 4 N–H and O–H groups in total. The minimum absolute atomic E-state index is 0.0889. The summed E-state index contributed by atoms with van der Waals surface area (Å²) in [6.45, 7) is 2.47. The third kappa shape index (κ3) is 98.8. The monoisotopic (exact) mass is 1780 g/mol. The second-order valence-corrected chi connectivity index (χ2v) is 35.7. The Hall–Kier alpha value is -5.61. The van der Waals surface area contributed by atoms with Crippen molar-refractivity contribution in [1.29, 1.82) is 0 Å². The molecule has 0 bridgehead atoms. The van der Waals surface area contributed by atoms with Crippen LogP contribution in [0, 0.1) is 0 Å². The van der Waals surface area contributed by atoms with E-state index in [4.69, 9.17) is 32.3 Å². The summed E-state index contributed by atoms with van der Waals surface area (Å²) in [4.78, 5) is 59.2. The lowest BCUT2D eigenvalue weighted by Crippen LogP contribution is -2.30. The van der Waals surface area contributed by atoms with Gasteiger partial charge < -0.3 is 34.2 Å². The lowest BCUT2D eigenvalue weighted by molar-refractivity contribution is -0.161. The molecule has 0 rings (SSSR count). The van der Waals surface area contributed by atoms with Gasteiger partial charge in [0.2, 0.25) is 0 Å². The Balaban J connectivity index is 4.64. The van der Waals surface area contributed by atoms with E-state index in [0.29, 0.717) is 19.3 Å². The predicted molar refractivity (Wildman–Crippen MR) is 528 cm³/mol. The van der Waals surface area contributed by atoms with E-state index in [1.54, 1.807) is 0 Å². The number of phosphoric ester groups is 2. The summed E-state index contributed by atoms with van der Waals surface area (Å²) in [6, 6.07) is 0. The van der Waals surface area contributed by atoms with Crippen molar-refractivity contribution in [3.8, 4) is 0 Å². The minimum Gasteiger partial charge on any atom is -0.463 e. The van der Waals surface area contributed by atoms with Gasteiger partial charge in [-0.2, -0.15) is 0 Å². The van der Waals surface area contributed by atoms with Crippen molar-refractivity contribution in [2.24, 2.45) is 0 Å². The first-order valence-electron chi connectivity index (χ1n) is 49.7. The van der Waals surface area contributed by atoms with Gasteiger partial charge in [-0.15, -0.1) is 0 Å². The average Bonchev–Trinajstić information content (AvgIpc) is 0.902. The zero-order chi connectivity index (χ0) is 90.7. The maximum Gasteiger partial charge on any atom is 0.472 e. The molecule has 0 aliphatic heterocycles. The third-order valence-electron chi connectivity index (χ3n) is 20.8. The van der Waals surface area contributed by atoms with E-state index in [1.807, 2.05) is 0 Å². The average molecular weight is 1780 g/mol. The van der Waals surface area contributed by atoms with Crippen molar-refractivity contribution >= 4 is 33.6 Å². The van der Waals surface area contributed by atoms with Gasteiger partial charge in [-0.3, -0.25) is 32.5 Å². The maximum absolute atomic E-state index is 13.1. The number of aliphatic hydroxyl groups is 2. The second kappa shape index (κ2) is 97.4. The summed E-state index contributed by atoms with van der Waals surface area (Å²) >= 11 is 0. The molecule has 0 aromatic heterocycles. The zero-order valence-electron chi connectivity index (χ0n) is 79.0. The van der Waals surface area contributed by atoms with E-state index < -0.39 is 91.5 Å². The molecular weight excluding hydrogens is 1600 g/mol. The van der Waals surface area contributed by atoms with Crippen molar-refractivity contribution in [2.75, 3.05) is 39.6 Å². The highest BCUT2D eigenvalue weighted by Crippen LogP contribution is 2.45. The summed E-state index contributed by atoms with van der Waals surface area (Å²) < 4.78 is 61.6. The zero-order valence-corrected chi connectivity index (χ0v) is 80.7. The largest absolute Gasteiger partial charge is 0.472 e. The number of rotatable bonds is 93. The van der Waals surface area contributed by atoms with Crippen LogP contribution in [-0.2, 0) is 55.8 Å². The molecule has 0 fully saturated rings. The third-order valence-corrected chi connectivity index (χ3v) is 22.7. The highest BCUT2D eigenvalue weighted by atomic mass is 31.2. The lowest BCUT2D eigenvalue weighted by Gasteiger charge is -2.21. The molecule has 18 heteroatoms. The number of phosphoric acid groups is 2. The van der Waals surface area contributed by atoms with E-state index in [0.717, 1.165) is 199 Å². The predicted octanol–water partition coefficient (Wildman–Crippen LogP) is 31.3. The van der Waals surface area contributed by atoms with Crippen molar-refractivity contribution in [3.63, 3.8) is 0 Å². The number of carbonyl (C=O) groups is 3. The SMILES string of the molecule is CC/C=C\C/C=C\C/C=C\C/C=C\C/C=C\C/C=C\CCCCCCCCCCCCCCCCC(=O)OCC(O)COP(=O)(O)OCC(O)COP(=O)(O)OCC(COC(=O)CCCCCCCCCCCCCCC/C=C\C/C=C\C/C=C\C/C=C\CCCCC)OC(=O)CCCCCCCCCC/C=C\C/C=C\C/C=C\C/C=C\C/C=C\C/C=C\CC. The van der Waals surface area contributed by atoms with Crippen LogP contribution in [0.1, 0.15) is 406 Å². The molecule has 5 atom stereocenters. The number of unbranched alkanes of at least 4 members (excludes halogenated alkanes) is 38. The van der Waals surface area contributed by atoms with Gasteiger partial charge in [0, 0.05) is 19.3 Å². The number of ether oxygens (including phenoxy) is 3. The fraction of sp³-hybridized carbons (Fsp3) is 0.673. The van der Waals surface area contributed by atoms with Crippen LogP contribution in [0.15, 0.2) is 194 Å². The first-order valence-corrected chi connectivity index (χ1v) is 52.7. The van der Waals surface area contributed by atoms with Gasteiger partial charge in [-0.1, -0.05) is 414 Å². The molecule has 0 aromatic carbocycles. The normalized spacial score (nSPS) is 14.5. The van der Waals surface area contributed by atoms with Crippen LogP contribution in [0.25, 0.3) is 0 Å². The van der Waals surface area contributed by atoms with Gasteiger partial charge in [0.1, 0.15) is 25.4 Å². The van der Waals surface area contributed by atoms with Crippen LogP contribution >= 0.6 is 15.6 Å². The van der Waals surface area contributed by atoms with Gasteiger partial charge in [0.15, 0.2) is 6.10 Å². The first kappa shape index (κ1) is 119. The molecule has 0 aliphatic rings. The van der Waals surface area contributed by atoms with Crippen LogP contribution in [0.3, 0.4) is 0 Å². The molecule has 0 aliphatic carbocycles. The molecule has 16 nitrogen and oxygen atoms in total. The molecule has 0 heterocycles. The van der Waals surface area contributed by atoms with E-state index >= 15 is 0 Å². The van der Waals surface area contributed by atoms with Gasteiger partial charge in [-0.05, 0) is 167 Å². The van der Waals surface area contributed by atoms with E-state index in [2.05, 4.69) is 215 Å². The number of hydrogen-bond acceptors (Lipinski definition) is 14. The van der Waals surface area contributed by atoms with Gasteiger partial charge in [0.25, 0.3) is 0 Å². The number of hydrogen-bond donors (Lipinski definition) is 4. The molecule has 0 radical (unpaired) electrons. The van der Waals surface area contributed by atoms with Crippen molar-refractivity contribution in [3.05, 3.63) is 194 Å². The van der Waals surface area contributed by atoms with Gasteiger partial charge in [-0.25, -0.2) is 9.13 Å². The Bertz CT molecular complexity index is 3050. The molecule has 0 aromatic rings. The number of carbonyl (C=O) groups excluding carboxylic acids is 3. The summed E-state index contributed by atoms with van der Waals surface area (Å²) in [5, 5.41) is 20.8. The molecule has 0 spiro atoms. The molecule has 0 saturated carbocycles. The Morgan fingerprint density at radius 1 is 0.232 bits per heavy atom. The second-order valence-electron chi connectivity index (χ2n) is 32.8. The highest BCUT2D eigenvalue weighted by molar-refractivity contribution is 7.47. The smallest absolute Gasteiger partial charge is 0.463 e. The first-order chi connectivity index (χ1) is 61.2. The van der Waals surface area contributed by atoms with E-state index in [9.17, 15) is 43.5 Å². The quantitative estimate of drug-likeness (QED) is 0.0146. The number of allylic oxidation sites excluding steroid dienone is 32. The van der Waals surface area contributed by atoms with Crippen molar-refractivity contribution in [2.45, 2.75) is 424 Å². The number of esters is 3. The maximum atomic E-state index is 13.1. The number of aliphatic hydroxyl groups excluding tert-OH is 2. The molecule has 0 amide bonds. The summed E-state index contributed by atoms with van der Waals surface area (Å²) in [5.41, 5.74) is 0. The Labute approximate surface area is 763 Å². The van der Waals surface area contributed by atoms with Gasteiger partial charge >= 0.3 is 33.6 Å². The van der Waals surface area contributed by atoms with Crippen LogP contribution in [-0.4, -0.2) is 95.9 Å². The Kier molecular flexibility index (Phi) is 93.1. The highest BCUT2D eigenvalue weighted by Gasteiger charge is 2.30. The van der Waals surface area contributed by atoms with E-state index in [1.165, 1.54) is 148 Å². The van der Waals surface area contributed by atoms with Crippen LogP contribution < -0.4 is 0 Å². The molecule has 0 saturated heterocycles. The molecule has 125 heavy (non-hydrogen) atoms. The standard InChI is InChI=1S/C107H180O16P2/c1-4-7-10-13-16-19-22-25-28-31-34-37-40-43-46-48-49-50-51-53-56-57-60-63-66-69-72-75-78-81-84-87-90-93-105(110)117-96-102(108)97-119-124(113,114)120-98-103(109)99-121-125(115,116)122-101-104(123-107(112)95-92-89-86-83-80-77-74-71-68-65-62-59-54-45-42-39-36-33-30-27-24-21-18-15-12-9-6-3)100-118-106(111)94-91-88-85-82-79-76-73-70-67-64-61-58-55-52-47-44-41-38-35-32-29-26-23-20-17-14-11-8-5-2/h7,9-10,12,16-21,25-30,34-39,43-47,49-50,54,62,65,102-104,108-109H,4-6,8,11,13-15,22-24,31-33,40-42,48,51-53,55-61,63-64,66-101H2,1-3H3,(H,113,114)(H,115,116)/b10-7-,12-9-,19-16-,20-17-,21-18-,28-25-,29-26-,30-27-,37-34-,38-35-,39-36-,46-43-,47-44-,50-49-,54-45-,65-62-. The minimum atomic E-state index is -4.95.